The Kier molecular flexibility index (Phi) is 3.97. The van der Waals surface area contributed by atoms with Gasteiger partial charge in [-0.1, -0.05) is 20.8 Å². The highest BCUT2D eigenvalue weighted by atomic mass is 19.4. The third-order valence-electron chi connectivity index (χ3n) is 3.26. The fourth-order valence-corrected chi connectivity index (χ4v) is 2.37. The molecule has 0 saturated heterocycles. The lowest BCUT2D eigenvalue weighted by Gasteiger charge is -2.24. The van der Waals surface area contributed by atoms with Gasteiger partial charge >= 0.3 is 6.18 Å². The summed E-state index contributed by atoms with van der Waals surface area (Å²) in [6.45, 7) is 6.48. The average Bonchev–Trinajstić information content (AvgIpc) is 2.76. The topological polar surface area (TPSA) is 56.2 Å². The molecular weight excluding hydrogens is 281 g/mol. The molecule has 0 radical (unpaired) electrons. The first-order valence-electron chi connectivity index (χ1n) is 6.74. The minimum Gasteiger partial charge on any atom is -0.330 e. The second kappa shape index (κ2) is 5.29. The molecule has 2 aromatic heterocycles. The fourth-order valence-electron chi connectivity index (χ4n) is 2.37. The third-order valence-corrected chi connectivity index (χ3v) is 3.26. The number of nitrogens with two attached hydrogens (primary N) is 1. The van der Waals surface area contributed by atoms with Crippen LogP contribution in [0.4, 0.5) is 13.2 Å². The molecule has 0 amide bonds. The molecule has 0 spiro atoms. The molecule has 2 heterocycles. The maximum Gasteiger partial charge on any atom is 0.417 e. The summed E-state index contributed by atoms with van der Waals surface area (Å²) in [5, 5.41) is 7.97. The number of fused-ring (bicyclic) bond motifs is 1. The van der Waals surface area contributed by atoms with Crippen LogP contribution in [0.2, 0.25) is 0 Å². The van der Waals surface area contributed by atoms with Gasteiger partial charge in [-0.3, -0.25) is 4.40 Å². The first-order chi connectivity index (χ1) is 9.62. The molecular formula is C14H19F3N4. The molecule has 2 rings (SSSR count). The Morgan fingerprint density at radius 3 is 2.38 bits per heavy atom. The number of hydrogen-bond acceptors (Lipinski definition) is 3. The Morgan fingerprint density at radius 1 is 1.19 bits per heavy atom. The van der Waals surface area contributed by atoms with Crippen LogP contribution in [0, 0.1) is 5.41 Å². The summed E-state index contributed by atoms with van der Waals surface area (Å²) in [4.78, 5) is 0. The Balaban J connectivity index is 2.48. The minimum atomic E-state index is -4.39. The summed E-state index contributed by atoms with van der Waals surface area (Å²) in [7, 11) is 0. The summed E-state index contributed by atoms with van der Waals surface area (Å²) < 4.78 is 39.9. The number of aromatic nitrogens is 3. The van der Waals surface area contributed by atoms with Gasteiger partial charge in [0, 0.05) is 18.7 Å². The van der Waals surface area contributed by atoms with Crippen LogP contribution >= 0.6 is 0 Å². The molecule has 1 unspecified atom stereocenters. The Hall–Kier alpha value is -1.63. The molecule has 116 valence electrons. The molecule has 0 aliphatic heterocycles. The van der Waals surface area contributed by atoms with E-state index in [9.17, 15) is 13.2 Å². The number of pyridine rings is 1. The van der Waals surface area contributed by atoms with Crippen molar-refractivity contribution in [3.63, 3.8) is 0 Å². The SMILES string of the molecule is CC(C)(C)CC(CN)c1nnc2ccc(C(F)(F)F)cn12. The summed E-state index contributed by atoms with van der Waals surface area (Å²) in [6.07, 6.45) is -2.63. The minimum absolute atomic E-state index is 0.00247. The molecule has 0 aliphatic rings. The van der Waals surface area contributed by atoms with Gasteiger partial charge in [0.1, 0.15) is 5.82 Å². The van der Waals surface area contributed by atoms with Crippen molar-refractivity contribution in [2.45, 2.75) is 39.3 Å². The predicted octanol–water partition coefficient (Wildman–Crippen LogP) is 3.23. The monoisotopic (exact) mass is 300 g/mol. The van der Waals surface area contributed by atoms with Crippen molar-refractivity contribution in [3.8, 4) is 0 Å². The largest absolute Gasteiger partial charge is 0.417 e. The van der Waals surface area contributed by atoms with Gasteiger partial charge in [0.2, 0.25) is 0 Å². The summed E-state index contributed by atoms with van der Waals surface area (Å²) in [5.41, 5.74) is 5.45. The van der Waals surface area contributed by atoms with E-state index >= 15 is 0 Å². The smallest absolute Gasteiger partial charge is 0.330 e. The zero-order valence-corrected chi connectivity index (χ0v) is 12.3. The normalized spacial score (nSPS) is 14.6. The van der Waals surface area contributed by atoms with Crippen molar-refractivity contribution < 1.29 is 13.2 Å². The average molecular weight is 300 g/mol. The molecule has 1 atom stereocenters. The molecule has 0 bridgehead atoms. The van der Waals surface area contributed by atoms with Gasteiger partial charge in [-0.2, -0.15) is 13.2 Å². The molecule has 0 aliphatic carbocycles. The van der Waals surface area contributed by atoms with Crippen molar-refractivity contribution in [3.05, 3.63) is 29.7 Å². The van der Waals surface area contributed by atoms with Gasteiger partial charge in [-0.05, 0) is 24.0 Å². The number of alkyl halides is 3. The van der Waals surface area contributed by atoms with Crippen molar-refractivity contribution in [1.82, 2.24) is 14.6 Å². The van der Waals surface area contributed by atoms with E-state index in [1.807, 2.05) is 0 Å². The highest BCUT2D eigenvalue weighted by molar-refractivity contribution is 5.40. The molecule has 0 aromatic carbocycles. The van der Waals surface area contributed by atoms with E-state index in [2.05, 4.69) is 31.0 Å². The van der Waals surface area contributed by atoms with Crippen LogP contribution in [-0.2, 0) is 6.18 Å². The highest BCUT2D eigenvalue weighted by Crippen LogP contribution is 2.32. The zero-order chi connectivity index (χ0) is 15.8. The van der Waals surface area contributed by atoms with E-state index in [-0.39, 0.29) is 11.3 Å². The van der Waals surface area contributed by atoms with Crippen LogP contribution in [0.15, 0.2) is 18.3 Å². The van der Waals surface area contributed by atoms with Gasteiger partial charge < -0.3 is 5.73 Å². The van der Waals surface area contributed by atoms with Crippen LogP contribution in [0.5, 0.6) is 0 Å². The van der Waals surface area contributed by atoms with Crippen molar-refractivity contribution in [2.24, 2.45) is 11.1 Å². The summed E-state index contributed by atoms with van der Waals surface area (Å²) in [5.74, 6) is 0.344. The first kappa shape index (κ1) is 15.8. The lowest BCUT2D eigenvalue weighted by atomic mass is 9.84. The van der Waals surface area contributed by atoms with Gasteiger partial charge in [0.25, 0.3) is 0 Å². The molecule has 4 nitrogen and oxygen atoms in total. The number of halogens is 3. The molecule has 0 saturated carbocycles. The van der Waals surface area contributed by atoms with Crippen LogP contribution in [0.1, 0.15) is 44.5 Å². The quantitative estimate of drug-likeness (QED) is 0.947. The highest BCUT2D eigenvalue weighted by Gasteiger charge is 2.32. The second-order valence-electron chi connectivity index (χ2n) is 6.40. The first-order valence-corrected chi connectivity index (χ1v) is 6.74. The zero-order valence-electron chi connectivity index (χ0n) is 12.3. The lowest BCUT2D eigenvalue weighted by Crippen LogP contribution is -2.21. The number of nitrogens with zero attached hydrogens (tertiary/aromatic N) is 3. The van der Waals surface area contributed by atoms with Crippen LogP contribution in [0.25, 0.3) is 5.65 Å². The van der Waals surface area contributed by atoms with Crippen molar-refractivity contribution in [2.75, 3.05) is 6.54 Å². The van der Waals surface area contributed by atoms with E-state index in [0.717, 1.165) is 18.7 Å². The summed E-state index contributed by atoms with van der Waals surface area (Å²) >= 11 is 0. The molecule has 21 heavy (non-hydrogen) atoms. The Morgan fingerprint density at radius 2 is 1.86 bits per heavy atom. The second-order valence-corrected chi connectivity index (χ2v) is 6.40. The number of rotatable bonds is 3. The predicted molar refractivity (Wildman–Crippen MR) is 73.9 cm³/mol. The summed E-state index contributed by atoms with van der Waals surface area (Å²) in [6, 6.07) is 2.33. The van der Waals surface area contributed by atoms with Gasteiger partial charge in [-0.25, -0.2) is 0 Å². The van der Waals surface area contributed by atoms with Gasteiger partial charge in [0.15, 0.2) is 5.65 Å². The lowest BCUT2D eigenvalue weighted by molar-refractivity contribution is -0.137. The standard InChI is InChI=1S/C14H19F3N4/c1-13(2,3)6-9(7-18)12-20-19-11-5-4-10(8-21(11)12)14(15,16)17/h4-5,8-9H,6-7,18H2,1-3H3. The fraction of sp³-hybridized carbons (Fsp3) is 0.571. The number of hydrogen-bond donors (Lipinski definition) is 1. The van der Waals surface area contributed by atoms with Gasteiger partial charge in [-0.15, -0.1) is 10.2 Å². The van der Waals surface area contributed by atoms with Gasteiger partial charge in [0.05, 0.1) is 5.56 Å². The molecule has 2 N–H and O–H groups in total. The van der Waals surface area contributed by atoms with Crippen molar-refractivity contribution >= 4 is 5.65 Å². The Labute approximate surface area is 121 Å². The Bertz CT molecular complexity index is 625. The molecule has 7 heteroatoms. The van der Waals surface area contributed by atoms with E-state index in [1.165, 1.54) is 10.5 Å². The molecule has 0 fully saturated rings. The van der Waals surface area contributed by atoms with Crippen LogP contribution in [-0.4, -0.2) is 21.1 Å². The van der Waals surface area contributed by atoms with Crippen molar-refractivity contribution in [1.29, 1.82) is 0 Å². The molecule has 2 aromatic rings. The van der Waals surface area contributed by atoms with Crippen LogP contribution < -0.4 is 5.73 Å². The maximum atomic E-state index is 12.8. The maximum absolute atomic E-state index is 12.8. The van der Waals surface area contributed by atoms with Crippen LogP contribution in [0.3, 0.4) is 0 Å². The third kappa shape index (κ3) is 3.53. The van der Waals surface area contributed by atoms with E-state index < -0.39 is 11.7 Å². The van der Waals surface area contributed by atoms with E-state index in [0.29, 0.717) is 18.0 Å². The van der Waals surface area contributed by atoms with E-state index in [4.69, 9.17) is 5.73 Å². The van der Waals surface area contributed by atoms with E-state index in [1.54, 1.807) is 0 Å².